The lowest BCUT2D eigenvalue weighted by molar-refractivity contribution is -0.137. The lowest BCUT2D eigenvalue weighted by Gasteiger charge is -2.20. The summed E-state index contributed by atoms with van der Waals surface area (Å²) in [6.45, 7) is 5.11. The first-order valence-corrected chi connectivity index (χ1v) is 9.28. The van der Waals surface area contributed by atoms with Gasteiger partial charge in [0.05, 0.1) is 11.6 Å². The number of halogens is 3. The van der Waals surface area contributed by atoms with Crippen LogP contribution in [0.4, 0.5) is 13.2 Å². The molecule has 0 bridgehead atoms. The summed E-state index contributed by atoms with van der Waals surface area (Å²) in [7, 11) is 3.48. The van der Waals surface area contributed by atoms with Crippen LogP contribution < -0.4 is 10.6 Å². The summed E-state index contributed by atoms with van der Waals surface area (Å²) in [5, 5.41) is 14.4. The van der Waals surface area contributed by atoms with Gasteiger partial charge < -0.3 is 19.9 Å². The topological polar surface area (TPSA) is 76.4 Å². The van der Waals surface area contributed by atoms with E-state index in [1.54, 1.807) is 20.1 Å². The Morgan fingerprint density at radius 2 is 2.07 bits per heavy atom. The monoisotopic (exact) mass is 412 g/mol. The fourth-order valence-corrected chi connectivity index (χ4v) is 2.59. The predicted molar refractivity (Wildman–Crippen MR) is 104 cm³/mol. The summed E-state index contributed by atoms with van der Waals surface area (Å²) in [5.41, 5.74) is -0.162. The zero-order chi connectivity index (χ0) is 21.4. The molecule has 2 aromatic rings. The molecule has 1 atom stereocenters. The standard InChI is InChI=1S/C19H27F3N6O/c1-13(15-7-5-8-16(11-15)19(20,21)22)25-18(23-9-6-10-29-4)24-12-17-27-26-14(2)28(17)3/h5,7-8,11,13H,6,9-10,12H2,1-4H3,(H2,23,24,25). The lowest BCUT2D eigenvalue weighted by atomic mass is 10.1. The third kappa shape index (κ3) is 6.74. The molecule has 0 aliphatic carbocycles. The first-order valence-electron chi connectivity index (χ1n) is 9.28. The predicted octanol–water partition coefficient (Wildman–Crippen LogP) is 2.98. The molecular weight excluding hydrogens is 385 g/mol. The number of benzene rings is 1. The molecule has 0 spiro atoms. The molecule has 29 heavy (non-hydrogen) atoms. The fraction of sp³-hybridized carbons (Fsp3) is 0.526. The average molecular weight is 412 g/mol. The normalized spacial score (nSPS) is 13.4. The molecule has 1 unspecified atom stereocenters. The largest absolute Gasteiger partial charge is 0.416 e. The number of nitrogens with one attached hydrogen (secondary N) is 2. The lowest BCUT2D eigenvalue weighted by Crippen LogP contribution is -2.39. The van der Waals surface area contributed by atoms with Crippen LogP contribution in [0.1, 0.15) is 42.2 Å². The average Bonchev–Trinajstić information content (AvgIpc) is 3.00. The molecule has 1 heterocycles. The summed E-state index contributed by atoms with van der Waals surface area (Å²) in [6.07, 6.45) is -3.62. The minimum Gasteiger partial charge on any atom is -0.385 e. The molecule has 0 amide bonds. The molecule has 2 N–H and O–H groups in total. The van der Waals surface area contributed by atoms with Gasteiger partial charge in [0.25, 0.3) is 0 Å². The van der Waals surface area contributed by atoms with Crippen molar-refractivity contribution in [3.63, 3.8) is 0 Å². The van der Waals surface area contributed by atoms with E-state index in [-0.39, 0.29) is 12.6 Å². The van der Waals surface area contributed by atoms with E-state index in [9.17, 15) is 13.2 Å². The van der Waals surface area contributed by atoms with Gasteiger partial charge in [0.2, 0.25) is 0 Å². The van der Waals surface area contributed by atoms with E-state index in [4.69, 9.17) is 4.74 Å². The number of hydrogen-bond donors (Lipinski definition) is 2. The molecule has 1 aromatic heterocycles. The summed E-state index contributed by atoms with van der Waals surface area (Å²) < 4.78 is 45.9. The summed E-state index contributed by atoms with van der Waals surface area (Å²) >= 11 is 0. The van der Waals surface area contributed by atoms with E-state index in [2.05, 4.69) is 25.8 Å². The Labute approximate surface area is 168 Å². The Kier molecular flexibility index (Phi) is 8.00. The van der Waals surface area contributed by atoms with E-state index >= 15 is 0 Å². The Morgan fingerprint density at radius 3 is 2.69 bits per heavy atom. The highest BCUT2D eigenvalue weighted by Gasteiger charge is 2.30. The second-order valence-corrected chi connectivity index (χ2v) is 6.65. The fourth-order valence-electron chi connectivity index (χ4n) is 2.59. The van der Waals surface area contributed by atoms with Gasteiger partial charge in [-0.15, -0.1) is 10.2 Å². The van der Waals surface area contributed by atoms with E-state index in [1.165, 1.54) is 6.07 Å². The van der Waals surface area contributed by atoms with Gasteiger partial charge >= 0.3 is 6.18 Å². The van der Waals surface area contributed by atoms with Crippen molar-refractivity contribution in [1.82, 2.24) is 25.4 Å². The molecule has 160 valence electrons. The van der Waals surface area contributed by atoms with Gasteiger partial charge in [-0.25, -0.2) is 4.99 Å². The van der Waals surface area contributed by atoms with E-state index in [0.29, 0.717) is 30.5 Å². The van der Waals surface area contributed by atoms with Crippen LogP contribution in [0, 0.1) is 6.92 Å². The van der Waals surface area contributed by atoms with Crippen molar-refractivity contribution in [2.24, 2.45) is 12.0 Å². The highest BCUT2D eigenvalue weighted by Crippen LogP contribution is 2.30. The van der Waals surface area contributed by atoms with Gasteiger partial charge in [0, 0.05) is 27.3 Å². The van der Waals surface area contributed by atoms with Crippen molar-refractivity contribution < 1.29 is 17.9 Å². The van der Waals surface area contributed by atoms with E-state index < -0.39 is 11.7 Å². The summed E-state index contributed by atoms with van der Waals surface area (Å²) in [6, 6.07) is 4.88. The second kappa shape index (κ2) is 10.2. The van der Waals surface area contributed by atoms with Crippen LogP contribution in [0.2, 0.25) is 0 Å². The minimum atomic E-state index is -4.38. The molecule has 0 aliphatic heterocycles. The number of rotatable bonds is 8. The zero-order valence-electron chi connectivity index (χ0n) is 17.0. The van der Waals surface area contributed by atoms with Gasteiger partial charge in [0.15, 0.2) is 11.8 Å². The van der Waals surface area contributed by atoms with Crippen molar-refractivity contribution in [3.05, 3.63) is 47.0 Å². The van der Waals surface area contributed by atoms with Crippen molar-refractivity contribution in [3.8, 4) is 0 Å². The molecule has 0 saturated carbocycles. The molecular formula is C19H27F3N6O. The molecule has 0 fully saturated rings. The quantitative estimate of drug-likeness (QED) is 0.396. The summed E-state index contributed by atoms with van der Waals surface area (Å²) in [4.78, 5) is 4.51. The number of aromatic nitrogens is 3. The maximum Gasteiger partial charge on any atom is 0.416 e. The third-order valence-electron chi connectivity index (χ3n) is 4.45. The molecule has 1 aromatic carbocycles. The molecule has 10 heteroatoms. The zero-order valence-corrected chi connectivity index (χ0v) is 17.0. The maximum absolute atomic E-state index is 13.0. The summed E-state index contributed by atoms with van der Waals surface area (Å²) in [5.74, 6) is 1.94. The molecule has 0 saturated heterocycles. The van der Waals surface area contributed by atoms with Gasteiger partial charge in [-0.05, 0) is 38.0 Å². The molecule has 2 rings (SSSR count). The van der Waals surface area contributed by atoms with Crippen LogP contribution in [0.5, 0.6) is 0 Å². The first kappa shape index (κ1) is 22.7. The van der Waals surface area contributed by atoms with Crippen LogP contribution in [0.25, 0.3) is 0 Å². The number of hydrogen-bond acceptors (Lipinski definition) is 4. The number of aryl methyl sites for hydroxylation is 1. The maximum atomic E-state index is 13.0. The number of methoxy groups -OCH3 is 1. The van der Waals surface area contributed by atoms with E-state index in [1.807, 2.05) is 18.5 Å². The number of ether oxygens (including phenoxy) is 1. The highest BCUT2D eigenvalue weighted by atomic mass is 19.4. The van der Waals surface area contributed by atoms with Gasteiger partial charge in [0.1, 0.15) is 12.4 Å². The van der Waals surface area contributed by atoms with Crippen LogP contribution in [0.3, 0.4) is 0 Å². The van der Waals surface area contributed by atoms with Crippen molar-refractivity contribution >= 4 is 5.96 Å². The SMILES string of the molecule is COCCCNC(=NCc1nnc(C)n1C)NC(C)c1cccc(C(F)(F)F)c1. The Hall–Kier alpha value is -2.62. The first-order chi connectivity index (χ1) is 13.7. The van der Waals surface area contributed by atoms with Crippen LogP contribution in [0.15, 0.2) is 29.3 Å². The number of guanidine groups is 1. The Balaban J connectivity index is 2.13. The second-order valence-electron chi connectivity index (χ2n) is 6.65. The van der Waals surface area contributed by atoms with Crippen molar-refractivity contribution in [2.45, 2.75) is 39.0 Å². The number of alkyl halides is 3. The molecule has 0 aliphatic rings. The van der Waals surface area contributed by atoms with E-state index in [0.717, 1.165) is 24.4 Å². The van der Waals surface area contributed by atoms with Crippen LogP contribution >= 0.6 is 0 Å². The number of aliphatic imine (C=N–C) groups is 1. The van der Waals surface area contributed by atoms with Gasteiger partial charge in [-0.1, -0.05) is 12.1 Å². The van der Waals surface area contributed by atoms with Gasteiger partial charge in [-0.2, -0.15) is 13.2 Å². The van der Waals surface area contributed by atoms with Crippen LogP contribution in [-0.2, 0) is 24.5 Å². The smallest absolute Gasteiger partial charge is 0.385 e. The van der Waals surface area contributed by atoms with Crippen molar-refractivity contribution in [2.75, 3.05) is 20.3 Å². The third-order valence-corrected chi connectivity index (χ3v) is 4.45. The van der Waals surface area contributed by atoms with Crippen molar-refractivity contribution in [1.29, 1.82) is 0 Å². The minimum absolute atomic E-state index is 0.284. The Morgan fingerprint density at radius 1 is 1.31 bits per heavy atom. The van der Waals surface area contributed by atoms with Crippen LogP contribution in [-0.4, -0.2) is 41.0 Å². The molecule has 7 nitrogen and oxygen atoms in total. The Bertz CT molecular complexity index is 819. The molecule has 0 radical (unpaired) electrons. The van der Waals surface area contributed by atoms with Gasteiger partial charge in [-0.3, -0.25) is 0 Å². The highest BCUT2D eigenvalue weighted by molar-refractivity contribution is 5.80. The number of nitrogens with zero attached hydrogens (tertiary/aromatic N) is 4.